The van der Waals surface area contributed by atoms with Gasteiger partial charge in [0.25, 0.3) is 5.91 Å². The normalized spacial score (nSPS) is 23.6. The van der Waals surface area contributed by atoms with E-state index < -0.39 is 18.1 Å². The zero-order valence-electron chi connectivity index (χ0n) is 15.2. The Morgan fingerprint density at radius 2 is 1.52 bits per heavy atom. The molecule has 1 aromatic heterocycles. The minimum absolute atomic E-state index is 0.262. The number of anilines is 2. The maximum absolute atomic E-state index is 13.4. The van der Waals surface area contributed by atoms with E-state index in [0.717, 1.165) is 15.7 Å². The molecule has 0 N–H and O–H groups in total. The fourth-order valence-electron chi connectivity index (χ4n) is 3.96. The number of imide groups is 1. The Labute approximate surface area is 175 Å². The quantitative estimate of drug-likeness (QED) is 0.567. The fraction of sp³-hybridized carbons (Fsp3) is 0.136. The number of rotatable bonds is 3. The van der Waals surface area contributed by atoms with Crippen molar-refractivity contribution in [3.8, 4) is 0 Å². The average Bonchev–Trinajstić information content (AvgIpc) is 3.27. The second kappa shape index (κ2) is 7.09. The number of hydroxylamine groups is 1. The van der Waals surface area contributed by atoms with E-state index in [4.69, 9.17) is 4.84 Å². The molecule has 7 heteroatoms. The molecule has 2 aromatic carbocycles. The van der Waals surface area contributed by atoms with E-state index in [0.29, 0.717) is 5.69 Å². The highest BCUT2D eigenvalue weighted by atomic mass is 79.9. The minimum atomic E-state index is -0.871. The molecule has 2 aliphatic rings. The van der Waals surface area contributed by atoms with Crippen molar-refractivity contribution in [2.24, 2.45) is 5.92 Å². The molecule has 2 fully saturated rings. The van der Waals surface area contributed by atoms with E-state index in [2.05, 4.69) is 20.9 Å². The van der Waals surface area contributed by atoms with Gasteiger partial charge in [-0.1, -0.05) is 34.1 Å². The number of para-hydroxylation sites is 1. The summed E-state index contributed by atoms with van der Waals surface area (Å²) in [6.45, 7) is 0. The Hall–Kier alpha value is -3.03. The summed E-state index contributed by atoms with van der Waals surface area (Å²) >= 11 is 3.38. The first-order chi connectivity index (χ1) is 14.1. The van der Waals surface area contributed by atoms with Crippen molar-refractivity contribution in [1.82, 2.24) is 4.98 Å². The Kier molecular flexibility index (Phi) is 4.41. The largest absolute Gasteiger partial charge is 0.273 e. The van der Waals surface area contributed by atoms with Crippen LogP contribution in [0.3, 0.4) is 0 Å². The standard InChI is InChI=1S/C22H16BrN3O3/c23-15-6-8-16(9-7-15)25-21(27)18-19(14-10-12-24-13-11-14)26(29-20(18)22(25)28)17-4-2-1-3-5-17/h1-13,18-20H/t18-,19-,20-/m0/s1. The molecular formula is C22H16BrN3O3. The van der Waals surface area contributed by atoms with E-state index in [1.54, 1.807) is 29.6 Å². The number of nitrogens with zero attached hydrogens (tertiary/aromatic N) is 3. The van der Waals surface area contributed by atoms with E-state index in [1.807, 2.05) is 54.6 Å². The number of hydrogen-bond acceptors (Lipinski definition) is 5. The molecule has 0 bridgehead atoms. The minimum Gasteiger partial charge on any atom is -0.273 e. The highest BCUT2D eigenvalue weighted by molar-refractivity contribution is 9.10. The van der Waals surface area contributed by atoms with Gasteiger partial charge in [0.1, 0.15) is 5.92 Å². The van der Waals surface area contributed by atoms with Crippen molar-refractivity contribution in [3.63, 3.8) is 0 Å². The van der Waals surface area contributed by atoms with Gasteiger partial charge in [-0.3, -0.25) is 19.4 Å². The Balaban J connectivity index is 1.58. The summed E-state index contributed by atoms with van der Waals surface area (Å²) in [6, 6.07) is 19.9. The number of fused-ring (bicyclic) bond motifs is 1. The van der Waals surface area contributed by atoms with E-state index in [1.165, 1.54) is 4.90 Å². The second-order valence-electron chi connectivity index (χ2n) is 6.93. The van der Waals surface area contributed by atoms with Crippen molar-refractivity contribution < 1.29 is 14.4 Å². The summed E-state index contributed by atoms with van der Waals surface area (Å²) in [5.74, 6) is -1.25. The number of benzene rings is 2. The molecule has 3 atom stereocenters. The van der Waals surface area contributed by atoms with E-state index in [9.17, 15) is 9.59 Å². The SMILES string of the molecule is O=C1[C@@H]2[C@H](ON(c3ccccc3)[C@H]2c2ccncc2)C(=O)N1c1ccc(Br)cc1. The molecule has 6 nitrogen and oxygen atoms in total. The van der Waals surface area contributed by atoms with Gasteiger partial charge in [-0.05, 0) is 54.1 Å². The first kappa shape index (κ1) is 18.0. The molecule has 2 saturated heterocycles. The van der Waals surface area contributed by atoms with Gasteiger partial charge in [0.05, 0.1) is 17.4 Å². The van der Waals surface area contributed by atoms with Crippen LogP contribution in [0.1, 0.15) is 11.6 Å². The van der Waals surface area contributed by atoms with Gasteiger partial charge in [-0.25, -0.2) is 9.96 Å². The van der Waals surface area contributed by atoms with Crippen LogP contribution >= 0.6 is 15.9 Å². The van der Waals surface area contributed by atoms with Gasteiger partial charge in [0, 0.05) is 16.9 Å². The molecule has 0 saturated carbocycles. The van der Waals surface area contributed by atoms with Crippen LogP contribution in [0.5, 0.6) is 0 Å². The zero-order valence-corrected chi connectivity index (χ0v) is 16.8. The molecule has 0 aliphatic carbocycles. The number of carbonyl (C=O) groups is 2. The molecule has 2 aliphatic heterocycles. The first-order valence-corrected chi connectivity index (χ1v) is 9.99. The monoisotopic (exact) mass is 449 g/mol. The molecule has 144 valence electrons. The zero-order chi connectivity index (χ0) is 20.0. The lowest BCUT2D eigenvalue weighted by molar-refractivity contribution is -0.126. The maximum atomic E-state index is 13.4. The van der Waals surface area contributed by atoms with Crippen molar-refractivity contribution in [2.75, 3.05) is 9.96 Å². The lowest BCUT2D eigenvalue weighted by atomic mass is 9.91. The number of carbonyl (C=O) groups excluding carboxylic acids is 2. The summed E-state index contributed by atoms with van der Waals surface area (Å²) in [5, 5.41) is 1.68. The van der Waals surface area contributed by atoms with Crippen LogP contribution in [0.2, 0.25) is 0 Å². The molecule has 3 aromatic rings. The molecule has 0 spiro atoms. The van der Waals surface area contributed by atoms with Crippen LogP contribution in [-0.4, -0.2) is 22.9 Å². The number of aromatic nitrogens is 1. The maximum Gasteiger partial charge on any atom is 0.266 e. The van der Waals surface area contributed by atoms with E-state index >= 15 is 0 Å². The van der Waals surface area contributed by atoms with Gasteiger partial charge < -0.3 is 0 Å². The molecule has 0 radical (unpaired) electrons. The van der Waals surface area contributed by atoms with Crippen LogP contribution in [0.15, 0.2) is 83.6 Å². The topological polar surface area (TPSA) is 62.7 Å². The second-order valence-corrected chi connectivity index (χ2v) is 7.84. The van der Waals surface area contributed by atoms with Crippen LogP contribution < -0.4 is 9.96 Å². The van der Waals surface area contributed by atoms with Gasteiger partial charge >= 0.3 is 0 Å². The number of hydrogen-bond donors (Lipinski definition) is 0. The highest BCUT2D eigenvalue weighted by Gasteiger charge is 2.60. The van der Waals surface area contributed by atoms with Crippen molar-refractivity contribution >= 4 is 39.1 Å². The summed E-state index contributed by atoms with van der Waals surface area (Å²) in [7, 11) is 0. The average molecular weight is 450 g/mol. The van der Waals surface area contributed by atoms with E-state index in [-0.39, 0.29) is 11.8 Å². The molecule has 29 heavy (non-hydrogen) atoms. The smallest absolute Gasteiger partial charge is 0.266 e. The fourth-order valence-corrected chi connectivity index (χ4v) is 4.22. The van der Waals surface area contributed by atoms with Crippen LogP contribution in [0.25, 0.3) is 0 Å². The van der Waals surface area contributed by atoms with Gasteiger partial charge in [-0.2, -0.15) is 0 Å². The predicted molar refractivity (Wildman–Crippen MR) is 111 cm³/mol. The number of halogens is 1. The number of amides is 2. The van der Waals surface area contributed by atoms with Crippen LogP contribution in [-0.2, 0) is 14.4 Å². The Morgan fingerprint density at radius 3 is 2.21 bits per heavy atom. The van der Waals surface area contributed by atoms with Gasteiger partial charge in [0.15, 0.2) is 6.10 Å². The summed E-state index contributed by atoms with van der Waals surface area (Å²) < 4.78 is 0.877. The predicted octanol–water partition coefficient (Wildman–Crippen LogP) is 3.90. The first-order valence-electron chi connectivity index (χ1n) is 9.19. The molecule has 0 unspecified atom stereocenters. The summed E-state index contributed by atoms with van der Waals surface area (Å²) in [6.07, 6.45) is 2.49. The molecule has 3 heterocycles. The van der Waals surface area contributed by atoms with Crippen molar-refractivity contribution in [2.45, 2.75) is 12.1 Å². The van der Waals surface area contributed by atoms with Crippen LogP contribution in [0, 0.1) is 5.92 Å². The Morgan fingerprint density at radius 1 is 0.828 bits per heavy atom. The van der Waals surface area contributed by atoms with Crippen molar-refractivity contribution in [1.29, 1.82) is 0 Å². The molecule has 5 rings (SSSR count). The molecule has 2 amide bonds. The molecular weight excluding hydrogens is 434 g/mol. The third-order valence-electron chi connectivity index (χ3n) is 5.26. The number of pyridine rings is 1. The summed E-state index contributed by atoms with van der Waals surface area (Å²) in [5.41, 5.74) is 2.20. The Bertz CT molecular complexity index is 1060. The highest BCUT2D eigenvalue weighted by Crippen LogP contribution is 2.47. The van der Waals surface area contributed by atoms with Crippen molar-refractivity contribution in [3.05, 3.63) is 89.2 Å². The third kappa shape index (κ3) is 2.94. The lowest BCUT2D eigenvalue weighted by Gasteiger charge is -2.28. The van der Waals surface area contributed by atoms with Gasteiger partial charge in [0.2, 0.25) is 5.91 Å². The van der Waals surface area contributed by atoms with Gasteiger partial charge in [-0.15, -0.1) is 0 Å². The lowest BCUT2D eigenvalue weighted by Crippen LogP contribution is -2.37. The van der Waals surface area contributed by atoms with Crippen LogP contribution in [0.4, 0.5) is 11.4 Å². The third-order valence-corrected chi connectivity index (χ3v) is 5.79. The summed E-state index contributed by atoms with van der Waals surface area (Å²) in [4.78, 5) is 38.0.